The third-order valence-corrected chi connectivity index (χ3v) is 7.99. The van der Waals surface area contributed by atoms with Gasteiger partial charge in [-0.05, 0) is 54.4 Å². The molecular weight excluding hydrogens is 480 g/mol. The summed E-state index contributed by atoms with van der Waals surface area (Å²) in [5, 5.41) is 1.32. The van der Waals surface area contributed by atoms with Crippen LogP contribution in [0, 0.1) is 0 Å². The first kappa shape index (κ1) is 23.7. The van der Waals surface area contributed by atoms with Crippen molar-refractivity contribution in [2.24, 2.45) is 0 Å². The normalized spacial score (nSPS) is 14.6. The van der Waals surface area contributed by atoms with Gasteiger partial charge in [-0.1, -0.05) is 36.4 Å². The lowest BCUT2D eigenvalue weighted by atomic mass is 10.1. The predicted molar refractivity (Wildman–Crippen MR) is 148 cm³/mol. The second-order valence-electron chi connectivity index (χ2n) is 9.77. The van der Waals surface area contributed by atoms with E-state index in [0.29, 0.717) is 18.8 Å². The van der Waals surface area contributed by atoms with Crippen molar-refractivity contribution in [3.63, 3.8) is 0 Å². The number of ether oxygens (including phenoxy) is 1. The lowest BCUT2D eigenvalue weighted by Crippen LogP contribution is -2.41. The van der Waals surface area contributed by atoms with Crippen LogP contribution in [0.5, 0.6) is 5.75 Å². The summed E-state index contributed by atoms with van der Waals surface area (Å²) in [5.41, 5.74) is 2.56. The van der Waals surface area contributed by atoms with Gasteiger partial charge in [0.05, 0.1) is 0 Å². The smallest absolute Gasteiger partial charge is 0.274 e. The Morgan fingerprint density at radius 1 is 1.03 bits per heavy atom. The van der Waals surface area contributed by atoms with E-state index in [9.17, 15) is 4.79 Å². The Morgan fingerprint density at radius 3 is 2.59 bits per heavy atom. The summed E-state index contributed by atoms with van der Waals surface area (Å²) in [6.45, 7) is 3.18. The minimum absolute atomic E-state index is 0.00808. The Hall–Kier alpha value is -3.68. The number of nitrogens with zero attached hydrogens (tertiary/aromatic N) is 4. The highest BCUT2D eigenvalue weighted by Gasteiger charge is 2.26. The number of rotatable bonds is 7. The lowest BCUT2D eigenvalue weighted by Gasteiger charge is -2.31. The molecule has 0 radical (unpaired) electrons. The van der Waals surface area contributed by atoms with Crippen LogP contribution in [0.2, 0.25) is 0 Å². The van der Waals surface area contributed by atoms with E-state index in [1.807, 2.05) is 51.2 Å². The highest BCUT2D eigenvalue weighted by Crippen LogP contribution is 2.27. The number of piperidine rings is 1. The number of amides is 1. The van der Waals surface area contributed by atoms with Crippen molar-refractivity contribution in [2.45, 2.75) is 32.0 Å². The van der Waals surface area contributed by atoms with E-state index in [-0.39, 0.29) is 12.0 Å². The number of imidazole rings is 1. The largest absolute Gasteiger partial charge is 0.490 e. The fourth-order valence-corrected chi connectivity index (χ4v) is 6.14. The number of carbonyl (C=O) groups excluding carboxylic acids is 1. The van der Waals surface area contributed by atoms with E-state index in [1.54, 1.807) is 0 Å². The van der Waals surface area contributed by atoms with Crippen LogP contribution < -0.4 is 4.74 Å². The number of hydrogen-bond donors (Lipinski definition) is 0. The van der Waals surface area contributed by atoms with Crippen molar-refractivity contribution < 1.29 is 9.53 Å². The maximum absolute atomic E-state index is 12.9. The van der Waals surface area contributed by atoms with E-state index < -0.39 is 0 Å². The van der Waals surface area contributed by atoms with Gasteiger partial charge in [0, 0.05) is 61.0 Å². The van der Waals surface area contributed by atoms with Gasteiger partial charge in [-0.2, -0.15) is 0 Å². The highest BCUT2D eigenvalue weighted by atomic mass is 32.1. The summed E-state index contributed by atoms with van der Waals surface area (Å²) in [7, 11) is 2.16. The minimum Gasteiger partial charge on any atom is -0.490 e. The number of likely N-dealkylation sites (tertiary alicyclic amines) is 1. The molecular formula is C30H30N4O2S. The molecule has 0 aliphatic carbocycles. The second kappa shape index (κ2) is 10.4. The Bertz CT molecular complexity index is 1450. The van der Waals surface area contributed by atoms with Gasteiger partial charge in [-0.15, -0.1) is 11.3 Å². The van der Waals surface area contributed by atoms with Gasteiger partial charge in [-0.25, -0.2) is 4.98 Å². The first-order valence-corrected chi connectivity index (χ1v) is 13.6. The summed E-state index contributed by atoms with van der Waals surface area (Å²) < 4.78 is 9.49. The summed E-state index contributed by atoms with van der Waals surface area (Å²) in [6.07, 6.45) is 5.47. The Labute approximate surface area is 220 Å². The number of benzene rings is 2. The Kier molecular flexibility index (Phi) is 6.64. The minimum atomic E-state index is -0.00808. The standard InChI is InChI=1S/C30H30N4O2S/c1-32(20-26-18-23-6-2-3-7-28(23)37-26)19-22-9-11-24(12-10-22)36-25-13-16-33(17-14-25)30(35)27-21-34-15-5-4-8-29(34)31-27/h2-12,15,18,21,25H,13-14,16-17,19-20H2,1H3. The quantitative estimate of drug-likeness (QED) is 0.275. The number of carbonyl (C=O) groups is 1. The zero-order valence-corrected chi connectivity index (χ0v) is 21.7. The third-order valence-electron chi connectivity index (χ3n) is 6.89. The van der Waals surface area contributed by atoms with Gasteiger partial charge < -0.3 is 14.0 Å². The van der Waals surface area contributed by atoms with Gasteiger partial charge in [-0.3, -0.25) is 9.69 Å². The van der Waals surface area contributed by atoms with Crippen LogP contribution in [0.4, 0.5) is 0 Å². The van der Waals surface area contributed by atoms with Crippen LogP contribution >= 0.6 is 11.3 Å². The van der Waals surface area contributed by atoms with Gasteiger partial charge in [0.2, 0.25) is 0 Å². The fraction of sp³-hybridized carbons (Fsp3) is 0.267. The van der Waals surface area contributed by atoms with Crippen LogP contribution in [0.3, 0.4) is 0 Å². The van der Waals surface area contributed by atoms with Crippen molar-refractivity contribution in [3.8, 4) is 5.75 Å². The van der Waals surface area contributed by atoms with Crippen LogP contribution in [0.1, 0.15) is 33.8 Å². The number of hydrogen-bond acceptors (Lipinski definition) is 5. The van der Waals surface area contributed by atoms with E-state index in [2.05, 4.69) is 71.5 Å². The van der Waals surface area contributed by atoms with Crippen molar-refractivity contribution >= 4 is 33.0 Å². The highest BCUT2D eigenvalue weighted by molar-refractivity contribution is 7.19. The molecule has 0 atom stereocenters. The maximum Gasteiger partial charge on any atom is 0.274 e. The predicted octanol–water partition coefficient (Wildman–Crippen LogP) is 5.86. The number of pyridine rings is 1. The molecule has 1 aliphatic heterocycles. The first-order chi connectivity index (χ1) is 18.1. The molecule has 37 heavy (non-hydrogen) atoms. The van der Waals surface area contributed by atoms with Gasteiger partial charge in [0.1, 0.15) is 23.2 Å². The number of thiophene rings is 1. The molecule has 1 aliphatic rings. The molecule has 4 heterocycles. The number of aromatic nitrogens is 2. The zero-order chi connectivity index (χ0) is 25.2. The van der Waals surface area contributed by atoms with Crippen molar-refractivity contribution in [2.75, 3.05) is 20.1 Å². The molecule has 6 nitrogen and oxygen atoms in total. The van der Waals surface area contributed by atoms with Crippen LogP contribution in [0.15, 0.2) is 85.2 Å². The molecule has 0 unspecified atom stereocenters. The van der Waals surface area contributed by atoms with Crippen LogP contribution in [-0.4, -0.2) is 51.3 Å². The van der Waals surface area contributed by atoms with Gasteiger partial charge >= 0.3 is 0 Å². The molecule has 0 N–H and O–H groups in total. The summed E-state index contributed by atoms with van der Waals surface area (Å²) in [5.74, 6) is 0.882. The summed E-state index contributed by atoms with van der Waals surface area (Å²) in [4.78, 5) is 23.0. The average Bonchev–Trinajstić information content (AvgIpc) is 3.53. The van der Waals surface area contributed by atoms with E-state index >= 15 is 0 Å². The fourth-order valence-electron chi connectivity index (χ4n) is 4.99. The van der Waals surface area contributed by atoms with Crippen LogP contribution in [-0.2, 0) is 13.1 Å². The molecule has 1 fully saturated rings. The van der Waals surface area contributed by atoms with E-state index in [0.717, 1.165) is 37.3 Å². The molecule has 7 heteroatoms. The molecule has 2 aromatic carbocycles. The summed E-state index contributed by atoms with van der Waals surface area (Å²) >= 11 is 1.87. The molecule has 3 aromatic heterocycles. The zero-order valence-electron chi connectivity index (χ0n) is 20.9. The molecule has 5 aromatic rings. The maximum atomic E-state index is 12.9. The lowest BCUT2D eigenvalue weighted by molar-refractivity contribution is 0.0590. The topological polar surface area (TPSA) is 50.1 Å². The van der Waals surface area contributed by atoms with Crippen molar-refractivity contribution in [1.29, 1.82) is 0 Å². The molecule has 0 saturated carbocycles. The van der Waals surface area contributed by atoms with E-state index in [1.165, 1.54) is 20.5 Å². The Morgan fingerprint density at radius 2 is 1.81 bits per heavy atom. The first-order valence-electron chi connectivity index (χ1n) is 12.8. The van der Waals surface area contributed by atoms with Crippen molar-refractivity contribution in [3.05, 3.63) is 101 Å². The van der Waals surface area contributed by atoms with Gasteiger partial charge in [0.25, 0.3) is 5.91 Å². The molecule has 1 saturated heterocycles. The third kappa shape index (κ3) is 5.38. The molecule has 188 valence electrons. The SMILES string of the molecule is CN(Cc1ccc(OC2CCN(C(=O)c3cn4ccccc4n3)CC2)cc1)Cc1cc2ccccc2s1. The monoisotopic (exact) mass is 510 g/mol. The molecule has 0 bridgehead atoms. The molecule has 1 amide bonds. The van der Waals surface area contributed by atoms with E-state index in [4.69, 9.17) is 4.74 Å². The van der Waals surface area contributed by atoms with Gasteiger partial charge in [0.15, 0.2) is 0 Å². The molecule has 6 rings (SSSR count). The molecule has 0 spiro atoms. The average molecular weight is 511 g/mol. The van der Waals surface area contributed by atoms with Crippen molar-refractivity contribution in [1.82, 2.24) is 19.2 Å². The Balaban J connectivity index is 0.988. The summed E-state index contributed by atoms with van der Waals surface area (Å²) in [6, 6.07) is 25.1. The van der Waals surface area contributed by atoms with Crippen LogP contribution in [0.25, 0.3) is 15.7 Å². The second-order valence-corrected chi connectivity index (χ2v) is 10.9. The number of fused-ring (bicyclic) bond motifs is 2.